The Hall–Kier alpha value is -2.11. The second-order valence-corrected chi connectivity index (χ2v) is 12.7. The van der Waals surface area contributed by atoms with Crippen LogP contribution < -0.4 is 14.3 Å². The standard InChI is InChI=1S/C23H38N6O3S2/c1-15(2)21-11-20(22(33-21)16(3)4)29(23(24)30)34(31,32)28(18-9-8-10-26(7)13-18)19-12-25-27(14-19)17(5)6/h11-12,14-18H,8-10,13H2,1-7H3,(H2,24,30)/t18-/m0/s1. The molecule has 0 bridgehead atoms. The number of nitrogens with two attached hydrogens (primary N) is 1. The van der Waals surface area contributed by atoms with E-state index in [4.69, 9.17) is 5.73 Å². The Bertz CT molecular complexity index is 1110. The number of rotatable bonds is 8. The van der Waals surface area contributed by atoms with Gasteiger partial charge >= 0.3 is 16.2 Å². The van der Waals surface area contributed by atoms with E-state index in [0.717, 1.165) is 27.0 Å². The first-order chi connectivity index (χ1) is 15.8. The molecule has 2 aromatic rings. The first-order valence-electron chi connectivity index (χ1n) is 11.8. The van der Waals surface area contributed by atoms with E-state index >= 15 is 0 Å². The molecule has 0 aliphatic carbocycles. The fourth-order valence-corrected chi connectivity index (χ4v) is 7.22. The molecule has 0 radical (unpaired) electrons. The molecule has 1 atom stereocenters. The van der Waals surface area contributed by atoms with Gasteiger partial charge in [0, 0.05) is 28.5 Å². The molecular weight excluding hydrogens is 472 g/mol. The molecule has 0 spiro atoms. The molecule has 2 aromatic heterocycles. The van der Waals surface area contributed by atoms with Gasteiger partial charge in [0.05, 0.1) is 23.6 Å². The largest absolute Gasteiger partial charge is 0.350 e. The molecule has 2 amide bonds. The molecule has 11 heteroatoms. The monoisotopic (exact) mass is 510 g/mol. The van der Waals surface area contributed by atoms with Crippen molar-refractivity contribution in [1.29, 1.82) is 0 Å². The average Bonchev–Trinajstić information content (AvgIpc) is 3.35. The summed E-state index contributed by atoms with van der Waals surface area (Å²) in [5.74, 6) is 0.226. The van der Waals surface area contributed by atoms with Crippen LogP contribution in [-0.2, 0) is 10.2 Å². The van der Waals surface area contributed by atoms with E-state index in [1.165, 1.54) is 15.6 Å². The summed E-state index contributed by atoms with van der Waals surface area (Å²) in [5, 5.41) is 4.38. The molecule has 3 heterocycles. The molecule has 34 heavy (non-hydrogen) atoms. The lowest BCUT2D eigenvalue weighted by Gasteiger charge is -2.39. The number of thiophene rings is 1. The van der Waals surface area contributed by atoms with Crippen LogP contribution in [0.3, 0.4) is 0 Å². The summed E-state index contributed by atoms with van der Waals surface area (Å²) in [6.07, 6.45) is 4.82. The third-order valence-corrected chi connectivity index (χ3v) is 9.62. The van der Waals surface area contributed by atoms with Crippen molar-refractivity contribution in [3.63, 3.8) is 0 Å². The smallest absolute Gasteiger partial charge is 0.334 e. The summed E-state index contributed by atoms with van der Waals surface area (Å²) in [4.78, 5) is 16.8. The lowest BCUT2D eigenvalue weighted by Crippen LogP contribution is -2.56. The summed E-state index contributed by atoms with van der Waals surface area (Å²) < 4.78 is 32.5. The van der Waals surface area contributed by atoms with E-state index in [1.54, 1.807) is 23.1 Å². The number of aromatic nitrogens is 2. The number of hydrogen-bond donors (Lipinski definition) is 1. The van der Waals surface area contributed by atoms with Gasteiger partial charge in [-0.3, -0.25) is 4.68 Å². The van der Waals surface area contributed by atoms with E-state index in [0.29, 0.717) is 24.3 Å². The molecule has 3 rings (SSSR count). The Kier molecular flexibility index (Phi) is 7.99. The number of anilines is 2. The van der Waals surface area contributed by atoms with Gasteiger partial charge in [-0.1, -0.05) is 27.7 Å². The second-order valence-electron chi connectivity index (χ2n) is 9.94. The van der Waals surface area contributed by atoms with Gasteiger partial charge in [0.2, 0.25) is 0 Å². The Morgan fingerprint density at radius 3 is 2.38 bits per heavy atom. The number of primary amides is 1. The van der Waals surface area contributed by atoms with Crippen LogP contribution in [0.4, 0.5) is 16.2 Å². The highest BCUT2D eigenvalue weighted by molar-refractivity contribution is 7.95. The van der Waals surface area contributed by atoms with Crippen LogP contribution >= 0.6 is 11.3 Å². The molecule has 1 aliphatic heterocycles. The maximum absolute atomic E-state index is 14.3. The van der Waals surface area contributed by atoms with Crippen LogP contribution in [-0.4, -0.2) is 55.3 Å². The van der Waals surface area contributed by atoms with Crippen molar-refractivity contribution >= 4 is 39.0 Å². The number of carbonyl (C=O) groups excluding carboxylic acids is 1. The maximum Gasteiger partial charge on any atom is 0.334 e. The minimum absolute atomic E-state index is 0.0301. The minimum Gasteiger partial charge on any atom is -0.350 e. The van der Waals surface area contributed by atoms with Crippen molar-refractivity contribution in [2.75, 3.05) is 28.7 Å². The van der Waals surface area contributed by atoms with Gasteiger partial charge < -0.3 is 10.6 Å². The van der Waals surface area contributed by atoms with Crippen molar-refractivity contribution < 1.29 is 13.2 Å². The Morgan fingerprint density at radius 2 is 1.88 bits per heavy atom. The zero-order valence-electron chi connectivity index (χ0n) is 21.2. The van der Waals surface area contributed by atoms with Gasteiger partial charge in [0.25, 0.3) is 0 Å². The van der Waals surface area contributed by atoms with Crippen LogP contribution in [0.2, 0.25) is 0 Å². The molecular formula is C23H38N6O3S2. The van der Waals surface area contributed by atoms with Gasteiger partial charge in [-0.15, -0.1) is 11.3 Å². The van der Waals surface area contributed by atoms with Crippen molar-refractivity contribution in [1.82, 2.24) is 14.7 Å². The minimum atomic E-state index is -4.35. The number of carbonyl (C=O) groups is 1. The van der Waals surface area contributed by atoms with Crippen LogP contribution in [0.25, 0.3) is 0 Å². The van der Waals surface area contributed by atoms with E-state index < -0.39 is 16.2 Å². The number of urea groups is 1. The Labute approximate surface area is 207 Å². The first kappa shape index (κ1) is 26.5. The summed E-state index contributed by atoms with van der Waals surface area (Å²) >= 11 is 1.53. The maximum atomic E-state index is 14.3. The fourth-order valence-electron chi connectivity index (χ4n) is 4.30. The highest BCUT2D eigenvalue weighted by Crippen LogP contribution is 2.41. The van der Waals surface area contributed by atoms with Crippen LogP contribution in [0.15, 0.2) is 18.5 Å². The number of piperidine rings is 1. The topological polar surface area (TPSA) is 105 Å². The normalized spacial score (nSPS) is 17.6. The third-order valence-electron chi connectivity index (χ3n) is 6.05. The highest BCUT2D eigenvalue weighted by atomic mass is 32.2. The van der Waals surface area contributed by atoms with Gasteiger partial charge in [-0.25, -0.2) is 9.10 Å². The molecule has 0 aromatic carbocycles. The predicted octanol–water partition coefficient (Wildman–Crippen LogP) is 4.50. The first-order valence-corrected chi connectivity index (χ1v) is 14.1. The summed E-state index contributed by atoms with van der Waals surface area (Å²) in [7, 11) is -2.38. The zero-order chi connectivity index (χ0) is 25.4. The Morgan fingerprint density at radius 1 is 1.21 bits per heavy atom. The summed E-state index contributed by atoms with van der Waals surface area (Å²) in [5.41, 5.74) is 6.57. The number of hydrogen-bond acceptors (Lipinski definition) is 6. The van der Waals surface area contributed by atoms with E-state index in [2.05, 4.69) is 10.00 Å². The summed E-state index contributed by atoms with van der Waals surface area (Å²) in [6.45, 7) is 13.5. The molecule has 1 fully saturated rings. The van der Waals surface area contributed by atoms with Crippen LogP contribution in [0.5, 0.6) is 0 Å². The van der Waals surface area contributed by atoms with E-state index in [-0.39, 0.29) is 23.9 Å². The quantitative estimate of drug-likeness (QED) is 0.563. The van der Waals surface area contributed by atoms with Gasteiger partial charge in [-0.2, -0.15) is 17.8 Å². The number of likely N-dealkylation sites (tertiary alicyclic amines) is 1. The second kappa shape index (κ2) is 10.2. The van der Waals surface area contributed by atoms with E-state index in [1.807, 2.05) is 48.6 Å². The lowest BCUT2D eigenvalue weighted by molar-refractivity contribution is 0.252. The molecule has 1 saturated heterocycles. The van der Waals surface area contributed by atoms with E-state index in [9.17, 15) is 13.2 Å². The Balaban J connectivity index is 2.19. The molecule has 9 nitrogen and oxygen atoms in total. The fraction of sp³-hybridized carbons (Fsp3) is 0.652. The molecule has 1 aliphatic rings. The number of nitrogens with zero attached hydrogens (tertiary/aromatic N) is 5. The zero-order valence-corrected chi connectivity index (χ0v) is 22.9. The molecule has 0 saturated carbocycles. The third kappa shape index (κ3) is 5.26. The highest BCUT2D eigenvalue weighted by Gasteiger charge is 2.41. The van der Waals surface area contributed by atoms with Crippen molar-refractivity contribution in [2.45, 2.75) is 78.3 Å². The SMILES string of the molecule is CC(C)c1cc(N(C(N)=O)S(=O)(=O)N(c2cnn(C(C)C)c2)[C@H]2CCCN(C)C2)c(C(C)C)s1. The molecule has 2 N–H and O–H groups in total. The van der Waals surface area contributed by atoms with Crippen LogP contribution in [0.1, 0.15) is 82.0 Å². The van der Waals surface area contributed by atoms with Gasteiger partial charge in [0.15, 0.2) is 0 Å². The lowest BCUT2D eigenvalue weighted by atomic mass is 10.1. The number of likely N-dealkylation sites (N-methyl/N-ethyl adjacent to an activating group) is 1. The molecule has 0 unspecified atom stereocenters. The van der Waals surface area contributed by atoms with Gasteiger partial charge in [-0.05, 0) is 58.2 Å². The average molecular weight is 511 g/mol. The number of amides is 2. The summed E-state index contributed by atoms with van der Waals surface area (Å²) in [6, 6.07) is 0.509. The van der Waals surface area contributed by atoms with Crippen molar-refractivity contribution in [2.24, 2.45) is 5.73 Å². The van der Waals surface area contributed by atoms with Crippen LogP contribution in [0, 0.1) is 0 Å². The van der Waals surface area contributed by atoms with Gasteiger partial charge in [0.1, 0.15) is 0 Å². The van der Waals surface area contributed by atoms with Crippen molar-refractivity contribution in [3.05, 3.63) is 28.2 Å². The van der Waals surface area contributed by atoms with Crippen molar-refractivity contribution in [3.8, 4) is 0 Å². The molecule has 190 valence electrons. The predicted molar refractivity (Wildman–Crippen MR) is 139 cm³/mol.